The van der Waals surface area contributed by atoms with E-state index < -0.39 is 200 Å². The van der Waals surface area contributed by atoms with Crippen LogP contribution in [0.4, 0.5) is 65.9 Å². The average molecular weight is 973 g/mol. The van der Waals surface area contributed by atoms with Gasteiger partial charge in [-0.1, -0.05) is 6.07 Å². The Morgan fingerprint density at radius 1 is 0.319 bits per heavy atom. The van der Waals surface area contributed by atoms with Crippen molar-refractivity contribution in [3.05, 3.63) is 164 Å². The van der Waals surface area contributed by atoms with Gasteiger partial charge in [-0.15, -0.1) is 0 Å². The molecule has 0 unspecified atom stereocenters. The lowest BCUT2D eigenvalue weighted by molar-refractivity contribution is 0.0696. The number of fused-ring (bicyclic) bond motifs is 8. The van der Waals surface area contributed by atoms with Gasteiger partial charge in [0.1, 0.15) is 0 Å². The quantitative estimate of drug-likeness (QED) is 0.0745. The van der Waals surface area contributed by atoms with E-state index in [1.54, 1.807) is 0 Å². The molecule has 4 aromatic carbocycles. The van der Waals surface area contributed by atoms with Crippen LogP contribution in [-0.4, -0.2) is 42.1 Å². The second-order valence-electron chi connectivity index (χ2n) is 14.7. The highest BCUT2D eigenvalue weighted by Crippen LogP contribution is 2.44. The van der Waals surface area contributed by atoms with Crippen molar-refractivity contribution in [3.8, 4) is 44.5 Å². The number of aromatic nitrogens is 4. The Morgan fingerprint density at radius 2 is 0.565 bits per heavy atom. The Kier molecular flexibility index (Phi) is 10.8. The van der Waals surface area contributed by atoms with Gasteiger partial charge in [0.05, 0.1) is 50.6 Å². The predicted octanol–water partition coefficient (Wildman–Crippen LogP) is 12.8. The van der Waals surface area contributed by atoms with Crippen LogP contribution in [0, 0.1) is 87.3 Å². The van der Waals surface area contributed by atoms with Gasteiger partial charge in [0.2, 0.25) is 17.5 Å². The Balaban J connectivity index is 1.61. The number of benzene rings is 4. The van der Waals surface area contributed by atoms with Crippen LogP contribution in [-0.2, 0) is 0 Å². The van der Waals surface area contributed by atoms with Crippen LogP contribution in [0.2, 0.25) is 0 Å². The minimum Gasteiger partial charge on any atom is -0.478 e. The number of carboxylic acid groups (broad SMARTS) is 2. The summed E-state index contributed by atoms with van der Waals surface area (Å²) in [5.41, 5.74) is -17.8. The first-order valence-corrected chi connectivity index (χ1v) is 19.0. The molecule has 0 spiro atoms. The zero-order chi connectivity index (χ0) is 49.8. The number of aromatic amines is 2. The van der Waals surface area contributed by atoms with Gasteiger partial charge in [-0.3, -0.25) is 0 Å². The van der Waals surface area contributed by atoms with E-state index in [4.69, 9.17) is 0 Å². The maximum Gasteiger partial charge on any atom is 0.336 e. The fourth-order valence-corrected chi connectivity index (χ4v) is 7.91. The molecule has 8 bridgehead atoms. The molecule has 0 amide bonds. The summed E-state index contributed by atoms with van der Waals surface area (Å²) in [5, 5.41) is 20.6. The molecular formula is C46H15F15N4O4. The van der Waals surface area contributed by atoms with E-state index in [1.165, 1.54) is 0 Å². The lowest BCUT2D eigenvalue weighted by atomic mass is 9.93. The van der Waals surface area contributed by atoms with Gasteiger partial charge < -0.3 is 20.2 Å². The van der Waals surface area contributed by atoms with Gasteiger partial charge in [-0.25, -0.2) is 85.4 Å². The smallest absolute Gasteiger partial charge is 0.336 e. The molecule has 7 aromatic rings. The summed E-state index contributed by atoms with van der Waals surface area (Å²) < 4.78 is 229. The number of halogens is 15. The third kappa shape index (κ3) is 6.81. The SMILES string of the molecule is O=C(O)c1cccc(C(=O)O)c1-c1c2ccc([nH]2)c(-c2c(F)c(F)c(F)c(F)c2F)c2nc(c(-c3c(F)c(F)c(F)c(F)c3F)c3nc(c(-c4c(F)c(F)c(F)c(F)c4F)c4ccc1[nH]4)C=C3)C=C2. The van der Waals surface area contributed by atoms with Crippen molar-refractivity contribution in [1.82, 2.24) is 19.9 Å². The third-order valence-electron chi connectivity index (χ3n) is 10.9. The highest BCUT2D eigenvalue weighted by molar-refractivity contribution is 6.11. The van der Waals surface area contributed by atoms with Gasteiger partial charge in [-0.05, 0) is 60.7 Å². The molecule has 0 saturated carbocycles. The Morgan fingerprint density at radius 3 is 0.855 bits per heavy atom. The molecule has 0 saturated heterocycles. The largest absolute Gasteiger partial charge is 0.478 e. The van der Waals surface area contributed by atoms with Crippen molar-refractivity contribution >= 4 is 58.3 Å². The monoisotopic (exact) mass is 972 g/mol. The van der Waals surface area contributed by atoms with Crippen molar-refractivity contribution < 1.29 is 85.7 Å². The van der Waals surface area contributed by atoms with Crippen LogP contribution >= 0.6 is 0 Å². The summed E-state index contributed by atoms with van der Waals surface area (Å²) >= 11 is 0. The van der Waals surface area contributed by atoms with Crippen LogP contribution in [0.1, 0.15) is 43.5 Å². The third-order valence-corrected chi connectivity index (χ3v) is 10.9. The Bertz CT molecular complexity index is 3480. The first-order valence-electron chi connectivity index (χ1n) is 19.0. The van der Waals surface area contributed by atoms with Gasteiger partial charge >= 0.3 is 11.9 Å². The van der Waals surface area contributed by atoms with E-state index in [1.807, 2.05) is 0 Å². The fourth-order valence-electron chi connectivity index (χ4n) is 7.91. The molecule has 348 valence electrons. The number of aromatic carboxylic acids is 2. The standard InChI is InChI=1S/C46H15F15N4O4/c47-30-27(31(48)37(54)42(59)36(30)53)24-16-6-4-14(62-16)23(22-12(45(66)67)2-1-3-13(22)46(68)69)15-5-7-17(63-15)25(28-32(49)38(55)43(60)39(56)33(28)50)19-9-11-21(65-19)26(20-10-8-18(24)64-20)29-34(51)40(57)44(61)41(58)35(29)52/h1-11,62-63H,(H,66,67)(H,68,69). The molecule has 0 radical (unpaired) electrons. The maximum atomic E-state index is 15.9. The number of carbonyl (C=O) groups is 2. The summed E-state index contributed by atoms with van der Waals surface area (Å²) in [5.74, 6) is -41.9. The van der Waals surface area contributed by atoms with Gasteiger partial charge in [-0.2, -0.15) is 0 Å². The van der Waals surface area contributed by atoms with E-state index in [2.05, 4.69) is 19.9 Å². The summed E-state index contributed by atoms with van der Waals surface area (Å²) in [6, 6.07) is 6.41. The fraction of sp³-hybridized carbons (Fsp3) is 0. The first kappa shape index (κ1) is 45.5. The van der Waals surface area contributed by atoms with Crippen LogP contribution in [0.5, 0.6) is 0 Å². The van der Waals surface area contributed by atoms with Crippen LogP contribution in [0.3, 0.4) is 0 Å². The number of hydrogen-bond donors (Lipinski definition) is 4. The first-order chi connectivity index (χ1) is 32.7. The van der Waals surface area contributed by atoms with Crippen molar-refractivity contribution in [2.45, 2.75) is 0 Å². The number of nitrogens with zero attached hydrogens (tertiary/aromatic N) is 2. The molecule has 0 fully saturated rings. The van der Waals surface area contributed by atoms with Gasteiger partial charge in [0.15, 0.2) is 69.8 Å². The van der Waals surface area contributed by atoms with Crippen molar-refractivity contribution in [1.29, 1.82) is 0 Å². The van der Waals surface area contributed by atoms with Gasteiger partial charge in [0.25, 0.3) is 0 Å². The number of nitrogens with one attached hydrogen (secondary N) is 2. The van der Waals surface area contributed by atoms with Crippen LogP contribution in [0.25, 0.3) is 90.9 Å². The van der Waals surface area contributed by atoms with Crippen molar-refractivity contribution in [3.63, 3.8) is 0 Å². The van der Waals surface area contributed by atoms with Crippen LogP contribution < -0.4 is 0 Å². The molecule has 0 aliphatic carbocycles. The van der Waals surface area contributed by atoms with E-state index in [-0.39, 0.29) is 0 Å². The van der Waals surface area contributed by atoms with Crippen molar-refractivity contribution in [2.75, 3.05) is 0 Å². The van der Waals surface area contributed by atoms with E-state index in [0.29, 0.717) is 24.3 Å². The molecule has 5 heterocycles. The maximum absolute atomic E-state index is 15.9. The van der Waals surface area contributed by atoms with E-state index in [9.17, 15) is 41.8 Å². The Labute approximate surface area is 371 Å². The molecular weight excluding hydrogens is 957 g/mol. The molecule has 9 rings (SSSR count). The summed E-state index contributed by atoms with van der Waals surface area (Å²) in [7, 11) is 0. The molecule has 2 aliphatic heterocycles. The van der Waals surface area contributed by atoms with Gasteiger partial charge in [0, 0.05) is 49.9 Å². The minimum atomic E-state index is -2.68. The predicted molar refractivity (Wildman–Crippen MR) is 214 cm³/mol. The topological polar surface area (TPSA) is 132 Å². The molecule has 0 atom stereocenters. The summed E-state index contributed by atoms with van der Waals surface area (Å²) in [6.07, 6.45) is 2.76. The lowest BCUT2D eigenvalue weighted by Gasteiger charge is -2.12. The molecule has 4 N–H and O–H groups in total. The zero-order valence-electron chi connectivity index (χ0n) is 33.1. The summed E-state index contributed by atoms with van der Waals surface area (Å²) in [6.45, 7) is 0. The molecule has 2 aliphatic rings. The highest BCUT2D eigenvalue weighted by Gasteiger charge is 2.35. The van der Waals surface area contributed by atoms with E-state index >= 15 is 43.9 Å². The lowest BCUT2D eigenvalue weighted by Crippen LogP contribution is -2.07. The zero-order valence-corrected chi connectivity index (χ0v) is 33.1. The Hall–Kier alpha value is -8.63. The summed E-state index contributed by atoms with van der Waals surface area (Å²) in [4.78, 5) is 38.7. The average Bonchev–Trinajstić information content (AvgIpc) is 4.18. The van der Waals surface area contributed by atoms with Crippen molar-refractivity contribution in [2.24, 2.45) is 0 Å². The second kappa shape index (κ2) is 16.3. The van der Waals surface area contributed by atoms with E-state index in [0.717, 1.165) is 42.5 Å². The molecule has 23 heteroatoms. The highest BCUT2D eigenvalue weighted by atomic mass is 19.2. The number of rotatable bonds is 6. The number of hydrogen-bond acceptors (Lipinski definition) is 4. The van der Waals surface area contributed by atoms with Crippen LogP contribution in [0.15, 0.2) is 42.5 Å². The molecule has 8 nitrogen and oxygen atoms in total. The minimum absolute atomic E-state index is 0.505. The normalized spacial score (nSPS) is 12.1. The number of carboxylic acids is 2. The molecule has 69 heavy (non-hydrogen) atoms. The number of H-pyrrole nitrogens is 2. The molecule has 3 aromatic heterocycles. The second-order valence-corrected chi connectivity index (χ2v) is 14.7.